The summed E-state index contributed by atoms with van der Waals surface area (Å²) in [6.45, 7) is 18.0. The minimum atomic E-state index is -1.01. The molecule has 1 aromatic rings. The van der Waals surface area contributed by atoms with Crippen molar-refractivity contribution in [1.82, 2.24) is 26.6 Å². The Morgan fingerprint density at radius 3 is 2.32 bits per heavy atom. The minimum Gasteiger partial charge on any atom is -0.459 e. The average molecular weight is 1020 g/mol. The summed E-state index contributed by atoms with van der Waals surface area (Å²) in [5, 5.41) is 16.6. The van der Waals surface area contributed by atoms with Crippen LogP contribution >= 0.6 is 0 Å². The minimum absolute atomic E-state index is 0.0310. The topological polar surface area (TPSA) is 293 Å². The molecule has 0 aliphatic carbocycles. The number of epoxide rings is 1. The van der Waals surface area contributed by atoms with Crippen molar-refractivity contribution in [2.24, 2.45) is 23.3 Å². The van der Waals surface area contributed by atoms with Crippen molar-refractivity contribution in [2.45, 2.75) is 174 Å². The monoisotopic (exact) mass is 1020 g/mol. The molecule has 3 heterocycles. The molecule has 73 heavy (non-hydrogen) atoms. The number of hydrogen-bond acceptors (Lipinski definition) is 13. The van der Waals surface area contributed by atoms with Crippen LogP contribution in [0.3, 0.4) is 0 Å². The Morgan fingerprint density at radius 2 is 1.66 bits per heavy atom. The molecule has 1 aromatic carbocycles. The van der Waals surface area contributed by atoms with E-state index < -0.39 is 54.2 Å². The lowest BCUT2D eigenvalue weighted by molar-refractivity contribution is -0.143. The number of carbonyl (C=O) groups is 7. The maximum Gasteiger partial charge on any atom is 0.411 e. The number of ether oxygens (including phenoxy) is 5. The van der Waals surface area contributed by atoms with Gasteiger partial charge in [0.15, 0.2) is 0 Å². The van der Waals surface area contributed by atoms with Gasteiger partial charge in [-0.1, -0.05) is 69.7 Å². The fraction of sp³-hybridized carbons (Fsp3) is 0.604. The zero-order chi connectivity index (χ0) is 53.7. The van der Waals surface area contributed by atoms with E-state index in [4.69, 9.17) is 35.2 Å². The number of alkyl carbamates (subject to hydrolysis) is 1. The number of urea groups is 1. The lowest BCUT2D eigenvalue weighted by Gasteiger charge is -2.39. The van der Waals surface area contributed by atoms with E-state index in [-0.39, 0.29) is 79.6 Å². The lowest BCUT2D eigenvalue weighted by atomic mass is 9.88. The van der Waals surface area contributed by atoms with E-state index in [9.17, 15) is 33.6 Å². The van der Waals surface area contributed by atoms with Crippen LogP contribution < -0.4 is 43.4 Å². The maximum atomic E-state index is 13.6. The van der Waals surface area contributed by atoms with Crippen LogP contribution in [-0.2, 0) is 54.3 Å². The van der Waals surface area contributed by atoms with Crippen LogP contribution in [0.4, 0.5) is 15.3 Å². The molecule has 20 heteroatoms. The number of unbranched alkanes of at least 4 members (excludes halogenated alkanes) is 2. The highest BCUT2D eigenvalue weighted by atomic mass is 16.6. The summed E-state index contributed by atoms with van der Waals surface area (Å²) in [5.41, 5.74) is 12.8. The number of hydrogen-bond donors (Lipinski definition) is 8. The van der Waals surface area contributed by atoms with Gasteiger partial charge in [-0.2, -0.15) is 0 Å². The largest absolute Gasteiger partial charge is 0.459 e. The van der Waals surface area contributed by atoms with Crippen molar-refractivity contribution in [3.05, 3.63) is 78.1 Å². The van der Waals surface area contributed by atoms with Gasteiger partial charge in [0.05, 0.1) is 36.6 Å². The molecule has 4 rings (SSSR count). The van der Waals surface area contributed by atoms with Gasteiger partial charge >= 0.3 is 18.1 Å². The Morgan fingerprint density at radius 1 is 0.932 bits per heavy atom. The molecule has 0 aromatic heterocycles. The maximum absolute atomic E-state index is 13.6. The van der Waals surface area contributed by atoms with E-state index >= 15 is 0 Å². The molecule has 10 N–H and O–H groups in total. The first-order valence-electron chi connectivity index (χ1n) is 25.5. The molecule has 10 atom stereocenters. The van der Waals surface area contributed by atoms with Gasteiger partial charge in [0.25, 0.3) is 0 Å². The second kappa shape index (κ2) is 29.6. The standard InChI is InChI=1S/C53H80N8O12/c1-32(2)48(61-46(63)14-10-9-11-25-54)50(66)60-42(13-12-26-56-51(55)67)49(65)58-40-20-18-39(19-21-40)30-69-52(68)57-36(6)45-29-53(31-70-53)28-41(73-45)22-15-33(3)16-23-44-34(4)27-43(37(7)72-44)59-47(64)24-17-35(5)71-38(8)62/h15-22,24,32,34-35,37,41-45,48H,6,9-14,23,25-31,54H2,1-5,7-8H3,(H,57,68)(H,58,65)(H,59,64)(H,60,66)(H,61,63)(H3,55,56,67)/b22-15+,24-17-,33-16+/t34-,35-,37+,41+,42-,43+,44-,45-,48-,53+/m0/s1. The van der Waals surface area contributed by atoms with E-state index in [1.807, 2.05) is 26.0 Å². The molecule has 1 spiro atoms. The van der Waals surface area contributed by atoms with E-state index in [2.05, 4.69) is 51.5 Å². The van der Waals surface area contributed by atoms with Gasteiger partial charge in [-0.3, -0.25) is 29.3 Å². The average Bonchev–Trinajstić information content (AvgIpc) is 4.08. The highest BCUT2D eigenvalue weighted by Crippen LogP contribution is 2.43. The Bertz CT molecular complexity index is 2140. The zero-order valence-corrected chi connectivity index (χ0v) is 43.6. The first kappa shape index (κ1) is 59.5. The second-order valence-electron chi connectivity index (χ2n) is 19.8. The number of amides is 7. The molecule has 0 bridgehead atoms. The highest BCUT2D eigenvalue weighted by Gasteiger charge is 2.52. The number of rotatable bonds is 27. The van der Waals surface area contributed by atoms with Crippen molar-refractivity contribution in [2.75, 3.05) is 25.0 Å². The van der Waals surface area contributed by atoms with Crippen LogP contribution in [0.15, 0.2) is 72.5 Å². The molecule has 0 unspecified atom stereocenters. The summed E-state index contributed by atoms with van der Waals surface area (Å²) >= 11 is 0. The third-order valence-corrected chi connectivity index (χ3v) is 12.9. The van der Waals surface area contributed by atoms with Gasteiger partial charge in [0, 0.05) is 50.2 Å². The normalized spacial score (nSPS) is 24.0. The molecule has 404 valence electrons. The fourth-order valence-electron chi connectivity index (χ4n) is 8.59. The number of allylic oxidation sites excluding steroid dienone is 2. The van der Waals surface area contributed by atoms with Gasteiger partial charge in [-0.25, -0.2) is 9.59 Å². The number of nitrogens with two attached hydrogens (primary N) is 2. The number of nitrogens with one attached hydrogen (secondary N) is 6. The number of anilines is 1. The number of esters is 1. The molecule has 3 aliphatic heterocycles. The second-order valence-corrected chi connectivity index (χ2v) is 19.8. The van der Waals surface area contributed by atoms with Gasteiger partial charge < -0.3 is 61.7 Å². The van der Waals surface area contributed by atoms with Crippen molar-refractivity contribution >= 4 is 47.4 Å². The zero-order valence-electron chi connectivity index (χ0n) is 43.6. The van der Waals surface area contributed by atoms with Crippen LogP contribution in [0.2, 0.25) is 0 Å². The van der Waals surface area contributed by atoms with Gasteiger partial charge in [0.2, 0.25) is 23.6 Å². The van der Waals surface area contributed by atoms with Crippen LogP contribution in [0.1, 0.15) is 118 Å². The molecular formula is C53H80N8O12. The third-order valence-electron chi connectivity index (χ3n) is 12.9. The van der Waals surface area contributed by atoms with Crippen LogP contribution in [0.25, 0.3) is 0 Å². The van der Waals surface area contributed by atoms with Crippen LogP contribution in [0, 0.1) is 11.8 Å². The molecular weight excluding hydrogens is 941 g/mol. The summed E-state index contributed by atoms with van der Waals surface area (Å²) in [6.07, 6.45) is 12.4. The van der Waals surface area contributed by atoms with Gasteiger partial charge in [0.1, 0.15) is 30.9 Å². The molecule has 20 nitrogen and oxygen atoms in total. The molecule has 3 fully saturated rings. The number of carbonyl (C=O) groups excluding carboxylic acids is 7. The highest BCUT2D eigenvalue weighted by molar-refractivity contribution is 5.98. The Kier molecular flexibility index (Phi) is 24.1. The first-order valence-corrected chi connectivity index (χ1v) is 25.5. The predicted octanol–water partition coefficient (Wildman–Crippen LogP) is 4.97. The Hall–Kier alpha value is -6.09. The Balaban J connectivity index is 1.24. The summed E-state index contributed by atoms with van der Waals surface area (Å²) in [7, 11) is 0. The summed E-state index contributed by atoms with van der Waals surface area (Å²) in [5.74, 6) is -2.05. The molecule has 0 saturated carbocycles. The summed E-state index contributed by atoms with van der Waals surface area (Å²) in [4.78, 5) is 87.6. The fourth-order valence-corrected chi connectivity index (χ4v) is 8.59. The summed E-state index contributed by atoms with van der Waals surface area (Å²) in [6, 6.07) is 3.90. The predicted molar refractivity (Wildman–Crippen MR) is 275 cm³/mol. The lowest BCUT2D eigenvalue weighted by Crippen LogP contribution is -2.54. The van der Waals surface area contributed by atoms with Crippen molar-refractivity contribution in [3.8, 4) is 0 Å². The van der Waals surface area contributed by atoms with E-state index in [0.29, 0.717) is 62.2 Å². The first-order chi connectivity index (χ1) is 34.6. The molecule has 0 radical (unpaired) electrons. The SMILES string of the molecule is C=C(NC(=O)OCc1ccc(NC(=O)[C@H](CCCNC(N)=O)NC(=O)[C@@H](NC(=O)CCCCCN)C(C)C)cc1)[C@@H]1C[C@@]2(CO2)C[C@@H](/C=C/C(C)=C/C[C@@H]2O[C@H](C)[C@H](NC(=O)/C=C\[C@H](C)OC(C)=O)C[C@@H]2C)O1. The quantitative estimate of drug-likeness (QED) is 0.0190. The van der Waals surface area contributed by atoms with Crippen LogP contribution in [-0.4, -0.2) is 116 Å². The molecule has 7 amide bonds. The van der Waals surface area contributed by atoms with Gasteiger partial charge in [-0.05, 0) is 101 Å². The smallest absolute Gasteiger partial charge is 0.411 e. The van der Waals surface area contributed by atoms with E-state index in [1.54, 1.807) is 51.1 Å². The van der Waals surface area contributed by atoms with E-state index in [1.165, 1.54) is 13.0 Å². The molecule has 3 saturated heterocycles. The Labute approximate surface area is 429 Å². The van der Waals surface area contributed by atoms with Crippen molar-refractivity contribution in [3.63, 3.8) is 0 Å². The third kappa shape index (κ3) is 21.5. The number of benzene rings is 1. The van der Waals surface area contributed by atoms with Crippen LogP contribution in [0.5, 0.6) is 0 Å². The summed E-state index contributed by atoms with van der Waals surface area (Å²) < 4.78 is 29.1. The van der Waals surface area contributed by atoms with Gasteiger partial charge in [-0.15, -0.1) is 0 Å². The van der Waals surface area contributed by atoms with Crippen molar-refractivity contribution < 1.29 is 57.2 Å². The van der Waals surface area contributed by atoms with E-state index in [0.717, 1.165) is 24.8 Å². The molecule has 3 aliphatic rings. The van der Waals surface area contributed by atoms with Crippen molar-refractivity contribution in [1.29, 1.82) is 0 Å². The number of primary amides is 1.